The van der Waals surface area contributed by atoms with Crippen LogP contribution in [0.15, 0.2) is 24.3 Å². The molecular formula is C12H15NOS. The lowest BCUT2D eigenvalue weighted by Crippen LogP contribution is -2.23. The van der Waals surface area contributed by atoms with Gasteiger partial charge in [0.2, 0.25) is 0 Å². The van der Waals surface area contributed by atoms with E-state index in [1.165, 1.54) is 15.6 Å². The predicted molar refractivity (Wildman–Crippen MR) is 65.7 cm³/mol. The van der Waals surface area contributed by atoms with Crippen LogP contribution in [0.4, 0.5) is 0 Å². The second-order valence-electron chi connectivity index (χ2n) is 3.80. The fraction of sp³-hybridized carbons (Fsp3) is 0.333. The Balaban J connectivity index is 2.32. The first-order chi connectivity index (χ1) is 7.18. The maximum Gasteiger partial charge on any atom is 0.177 e. The molecule has 0 fully saturated rings. The summed E-state index contributed by atoms with van der Waals surface area (Å²) in [5.74, 6) is 0. The molecule has 0 spiro atoms. The van der Waals surface area contributed by atoms with Crippen LogP contribution >= 0.6 is 11.3 Å². The zero-order valence-corrected chi connectivity index (χ0v) is 9.80. The Hall–Kier alpha value is -1.06. The molecule has 2 N–H and O–H groups in total. The monoisotopic (exact) mass is 221 g/mol. The highest BCUT2D eigenvalue weighted by atomic mass is 32.1. The standard InChI is InChI=1S/C12H15NOS/c1-8(13)7-14-12-9(2)10-5-3-4-6-11(10)15-12/h3-6,8H,7,13H2,1-2H3. The van der Waals surface area contributed by atoms with Crippen LogP contribution in [0.5, 0.6) is 5.06 Å². The smallest absolute Gasteiger partial charge is 0.177 e. The number of nitrogens with two attached hydrogens (primary N) is 1. The molecule has 2 aromatic rings. The zero-order chi connectivity index (χ0) is 10.8. The molecule has 1 unspecified atom stereocenters. The van der Waals surface area contributed by atoms with Gasteiger partial charge in [-0.3, -0.25) is 0 Å². The van der Waals surface area contributed by atoms with Crippen molar-refractivity contribution >= 4 is 21.4 Å². The van der Waals surface area contributed by atoms with Gasteiger partial charge in [0.15, 0.2) is 5.06 Å². The third-order valence-electron chi connectivity index (χ3n) is 2.28. The summed E-state index contributed by atoms with van der Waals surface area (Å²) in [6.45, 7) is 4.62. The quantitative estimate of drug-likeness (QED) is 0.865. The molecule has 0 bridgehead atoms. The average Bonchev–Trinajstić information content (AvgIpc) is 2.54. The maximum absolute atomic E-state index is 5.68. The highest BCUT2D eigenvalue weighted by Gasteiger charge is 2.09. The van der Waals surface area contributed by atoms with E-state index in [1.807, 2.05) is 13.0 Å². The lowest BCUT2D eigenvalue weighted by atomic mass is 10.2. The van der Waals surface area contributed by atoms with E-state index < -0.39 is 0 Å². The van der Waals surface area contributed by atoms with Gasteiger partial charge >= 0.3 is 0 Å². The van der Waals surface area contributed by atoms with E-state index in [9.17, 15) is 0 Å². The van der Waals surface area contributed by atoms with E-state index in [0.29, 0.717) is 6.61 Å². The molecule has 1 atom stereocenters. The summed E-state index contributed by atoms with van der Waals surface area (Å²) < 4.78 is 6.95. The molecule has 0 amide bonds. The van der Waals surface area contributed by atoms with Gasteiger partial charge in [-0.25, -0.2) is 0 Å². The second-order valence-corrected chi connectivity index (χ2v) is 4.81. The van der Waals surface area contributed by atoms with E-state index in [0.717, 1.165) is 5.06 Å². The first-order valence-electron chi connectivity index (χ1n) is 5.05. The maximum atomic E-state index is 5.68. The molecule has 0 aliphatic heterocycles. The van der Waals surface area contributed by atoms with Gasteiger partial charge in [-0.2, -0.15) is 0 Å². The van der Waals surface area contributed by atoms with Crippen LogP contribution in [-0.2, 0) is 0 Å². The molecule has 0 aliphatic rings. The van der Waals surface area contributed by atoms with Gasteiger partial charge in [0, 0.05) is 16.3 Å². The molecule has 0 radical (unpaired) electrons. The Kier molecular flexibility index (Phi) is 2.93. The van der Waals surface area contributed by atoms with Crippen LogP contribution < -0.4 is 10.5 Å². The Labute approximate surface area is 93.7 Å². The molecule has 2 rings (SSSR count). The third-order valence-corrected chi connectivity index (χ3v) is 3.46. The minimum atomic E-state index is 0.0783. The fourth-order valence-corrected chi connectivity index (χ4v) is 2.56. The molecule has 1 aromatic carbocycles. The number of fused-ring (bicyclic) bond motifs is 1. The topological polar surface area (TPSA) is 35.2 Å². The van der Waals surface area contributed by atoms with Gasteiger partial charge in [0.05, 0.1) is 0 Å². The number of aryl methyl sites for hydroxylation is 1. The summed E-state index contributed by atoms with van der Waals surface area (Å²) >= 11 is 1.69. The van der Waals surface area contributed by atoms with E-state index in [-0.39, 0.29) is 6.04 Å². The molecule has 3 heteroatoms. The van der Waals surface area contributed by atoms with Crippen LogP contribution in [-0.4, -0.2) is 12.6 Å². The van der Waals surface area contributed by atoms with E-state index in [4.69, 9.17) is 10.5 Å². The van der Waals surface area contributed by atoms with Crippen molar-refractivity contribution in [3.05, 3.63) is 29.8 Å². The van der Waals surface area contributed by atoms with Crippen molar-refractivity contribution in [2.24, 2.45) is 5.73 Å². The molecule has 15 heavy (non-hydrogen) atoms. The first-order valence-corrected chi connectivity index (χ1v) is 5.86. The summed E-state index contributed by atoms with van der Waals surface area (Å²) in [5.41, 5.74) is 6.88. The molecule has 2 nitrogen and oxygen atoms in total. The molecular weight excluding hydrogens is 206 g/mol. The first kappa shape index (κ1) is 10.5. The molecule has 1 heterocycles. The van der Waals surface area contributed by atoms with Gasteiger partial charge in [-0.05, 0) is 25.3 Å². The lowest BCUT2D eigenvalue weighted by Gasteiger charge is -2.06. The summed E-state index contributed by atoms with van der Waals surface area (Å²) in [5, 5.41) is 2.27. The lowest BCUT2D eigenvalue weighted by molar-refractivity contribution is 0.303. The number of ether oxygens (including phenoxy) is 1. The van der Waals surface area contributed by atoms with Crippen LogP contribution in [0.1, 0.15) is 12.5 Å². The van der Waals surface area contributed by atoms with Crippen molar-refractivity contribution in [1.29, 1.82) is 0 Å². The van der Waals surface area contributed by atoms with Crippen molar-refractivity contribution in [3.8, 4) is 5.06 Å². The Morgan fingerprint density at radius 1 is 1.40 bits per heavy atom. The van der Waals surface area contributed by atoms with E-state index >= 15 is 0 Å². The van der Waals surface area contributed by atoms with E-state index in [1.54, 1.807) is 11.3 Å². The average molecular weight is 221 g/mol. The molecule has 0 saturated carbocycles. The van der Waals surface area contributed by atoms with Crippen LogP contribution in [0, 0.1) is 6.92 Å². The fourth-order valence-electron chi connectivity index (χ4n) is 1.50. The van der Waals surface area contributed by atoms with Gasteiger partial charge < -0.3 is 10.5 Å². The minimum Gasteiger partial charge on any atom is -0.482 e. The molecule has 0 aliphatic carbocycles. The van der Waals surface area contributed by atoms with Crippen molar-refractivity contribution in [3.63, 3.8) is 0 Å². The largest absolute Gasteiger partial charge is 0.482 e. The molecule has 80 valence electrons. The second kappa shape index (κ2) is 4.21. The zero-order valence-electron chi connectivity index (χ0n) is 8.99. The van der Waals surface area contributed by atoms with Crippen LogP contribution in [0.2, 0.25) is 0 Å². The number of thiophene rings is 1. The van der Waals surface area contributed by atoms with Crippen LogP contribution in [0.25, 0.3) is 10.1 Å². The van der Waals surface area contributed by atoms with Crippen molar-refractivity contribution in [2.45, 2.75) is 19.9 Å². The SMILES string of the molecule is Cc1c(OCC(C)N)sc2ccccc12. The van der Waals surface area contributed by atoms with Gasteiger partial charge in [-0.15, -0.1) is 0 Å². The summed E-state index contributed by atoms with van der Waals surface area (Å²) in [4.78, 5) is 0. The Morgan fingerprint density at radius 3 is 2.80 bits per heavy atom. The van der Waals surface area contributed by atoms with Gasteiger partial charge in [0.25, 0.3) is 0 Å². The van der Waals surface area contributed by atoms with Crippen LogP contribution in [0.3, 0.4) is 0 Å². The predicted octanol–water partition coefficient (Wildman–Crippen LogP) is 2.94. The van der Waals surface area contributed by atoms with Crippen molar-refractivity contribution in [2.75, 3.05) is 6.61 Å². The van der Waals surface area contributed by atoms with Crippen molar-refractivity contribution in [1.82, 2.24) is 0 Å². The third kappa shape index (κ3) is 2.13. The summed E-state index contributed by atoms with van der Waals surface area (Å²) in [6.07, 6.45) is 0. The Morgan fingerprint density at radius 2 is 2.13 bits per heavy atom. The Bertz CT molecular complexity index is 462. The molecule has 1 aromatic heterocycles. The summed E-state index contributed by atoms with van der Waals surface area (Å²) in [7, 11) is 0. The highest BCUT2D eigenvalue weighted by molar-refractivity contribution is 7.21. The van der Waals surface area contributed by atoms with E-state index in [2.05, 4.69) is 25.1 Å². The normalized spacial score (nSPS) is 13.0. The number of rotatable bonds is 3. The number of benzene rings is 1. The minimum absolute atomic E-state index is 0.0783. The highest BCUT2D eigenvalue weighted by Crippen LogP contribution is 2.36. The summed E-state index contributed by atoms with van der Waals surface area (Å²) in [6, 6.07) is 8.42. The van der Waals surface area contributed by atoms with Gasteiger partial charge in [0.1, 0.15) is 6.61 Å². The van der Waals surface area contributed by atoms with Gasteiger partial charge in [-0.1, -0.05) is 29.5 Å². The number of hydrogen-bond acceptors (Lipinski definition) is 3. The molecule has 0 saturated heterocycles. The van der Waals surface area contributed by atoms with Crippen molar-refractivity contribution < 1.29 is 4.74 Å². The number of hydrogen-bond donors (Lipinski definition) is 1.